The molecule has 140 valence electrons. The SMILES string of the molecule is COc1cccc(NC(=O)N(Cc2c[nH]c3ccccc23)C2CCCC2)c1. The summed E-state index contributed by atoms with van der Waals surface area (Å²) in [6, 6.07) is 15.9. The Balaban J connectivity index is 1.57. The molecule has 0 bridgehead atoms. The van der Waals surface area contributed by atoms with Crippen LogP contribution in [0.4, 0.5) is 10.5 Å². The lowest BCUT2D eigenvalue weighted by Crippen LogP contribution is -2.41. The van der Waals surface area contributed by atoms with Crippen LogP contribution in [-0.2, 0) is 6.54 Å². The van der Waals surface area contributed by atoms with E-state index >= 15 is 0 Å². The number of amides is 2. The highest BCUT2D eigenvalue weighted by atomic mass is 16.5. The molecule has 1 aliphatic rings. The lowest BCUT2D eigenvalue weighted by molar-refractivity contribution is 0.185. The third-order valence-corrected chi connectivity index (χ3v) is 5.36. The number of ether oxygens (including phenoxy) is 1. The number of fused-ring (bicyclic) bond motifs is 1. The molecule has 4 rings (SSSR count). The van der Waals surface area contributed by atoms with Crippen molar-refractivity contribution in [2.24, 2.45) is 0 Å². The molecular formula is C22H25N3O2. The summed E-state index contributed by atoms with van der Waals surface area (Å²) in [7, 11) is 1.63. The average molecular weight is 363 g/mol. The number of hydrogen-bond donors (Lipinski definition) is 2. The van der Waals surface area contributed by atoms with Gasteiger partial charge in [-0.1, -0.05) is 37.1 Å². The van der Waals surface area contributed by atoms with Crippen LogP contribution >= 0.6 is 0 Å². The van der Waals surface area contributed by atoms with Crippen molar-refractivity contribution in [3.63, 3.8) is 0 Å². The van der Waals surface area contributed by atoms with Gasteiger partial charge in [-0.25, -0.2) is 4.79 Å². The Morgan fingerprint density at radius 1 is 1.19 bits per heavy atom. The maximum Gasteiger partial charge on any atom is 0.322 e. The molecule has 1 heterocycles. The van der Waals surface area contributed by atoms with Crippen molar-refractivity contribution in [1.82, 2.24) is 9.88 Å². The number of nitrogens with one attached hydrogen (secondary N) is 2. The van der Waals surface area contributed by atoms with E-state index in [9.17, 15) is 4.79 Å². The monoisotopic (exact) mass is 363 g/mol. The van der Waals surface area contributed by atoms with Gasteiger partial charge in [0.1, 0.15) is 5.75 Å². The fourth-order valence-corrected chi connectivity index (χ4v) is 3.92. The van der Waals surface area contributed by atoms with Crippen LogP contribution in [0.5, 0.6) is 5.75 Å². The number of para-hydroxylation sites is 1. The van der Waals surface area contributed by atoms with Crippen molar-refractivity contribution < 1.29 is 9.53 Å². The number of methoxy groups -OCH3 is 1. The van der Waals surface area contributed by atoms with E-state index in [2.05, 4.69) is 22.4 Å². The smallest absolute Gasteiger partial charge is 0.322 e. The quantitative estimate of drug-likeness (QED) is 0.658. The van der Waals surface area contributed by atoms with E-state index in [1.165, 1.54) is 18.2 Å². The maximum atomic E-state index is 13.1. The van der Waals surface area contributed by atoms with Gasteiger partial charge in [-0.05, 0) is 36.6 Å². The third kappa shape index (κ3) is 3.77. The standard InChI is InChI=1S/C22H25N3O2/c1-27-19-10-6-7-17(13-19)24-22(26)25(18-8-2-3-9-18)15-16-14-23-21-12-5-4-11-20(16)21/h4-7,10-14,18,23H,2-3,8-9,15H2,1H3,(H,24,26). The van der Waals surface area contributed by atoms with Crippen molar-refractivity contribution in [1.29, 1.82) is 0 Å². The summed E-state index contributed by atoms with van der Waals surface area (Å²) in [5.74, 6) is 0.733. The third-order valence-electron chi connectivity index (χ3n) is 5.36. The number of nitrogens with zero attached hydrogens (tertiary/aromatic N) is 1. The Labute approximate surface area is 159 Å². The summed E-state index contributed by atoms with van der Waals surface area (Å²) >= 11 is 0. The number of anilines is 1. The van der Waals surface area contributed by atoms with Crippen LogP contribution in [0.3, 0.4) is 0 Å². The van der Waals surface area contributed by atoms with Crippen LogP contribution in [0.1, 0.15) is 31.2 Å². The molecule has 2 aromatic carbocycles. The van der Waals surface area contributed by atoms with Crippen LogP contribution in [0.25, 0.3) is 10.9 Å². The molecule has 0 saturated heterocycles. The lowest BCUT2D eigenvalue weighted by Gasteiger charge is -2.29. The molecule has 0 spiro atoms. The van der Waals surface area contributed by atoms with E-state index < -0.39 is 0 Å². The molecule has 0 unspecified atom stereocenters. The van der Waals surface area contributed by atoms with Gasteiger partial charge in [0.15, 0.2) is 0 Å². The van der Waals surface area contributed by atoms with Gasteiger partial charge in [-0.3, -0.25) is 0 Å². The minimum atomic E-state index is -0.0552. The zero-order valence-corrected chi connectivity index (χ0v) is 15.6. The predicted molar refractivity (Wildman–Crippen MR) is 108 cm³/mol. The van der Waals surface area contributed by atoms with Crippen molar-refractivity contribution in [2.45, 2.75) is 38.3 Å². The fraction of sp³-hybridized carbons (Fsp3) is 0.318. The average Bonchev–Trinajstić information content (AvgIpc) is 3.36. The first-order valence-corrected chi connectivity index (χ1v) is 9.51. The Morgan fingerprint density at radius 2 is 2.00 bits per heavy atom. The van der Waals surface area contributed by atoms with Gasteiger partial charge in [0.25, 0.3) is 0 Å². The van der Waals surface area contributed by atoms with Crippen LogP contribution in [0.2, 0.25) is 0 Å². The maximum absolute atomic E-state index is 13.1. The Hall–Kier alpha value is -2.95. The molecule has 27 heavy (non-hydrogen) atoms. The van der Waals surface area contributed by atoms with Crippen LogP contribution in [0.15, 0.2) is 54.7 Å². The largest absolute Gasteiger partial charge is 0.497 e. The number of urea groups is 1. The first-order chi connectivity index (χ1) is 13.2. The van der Waals surface area contributed by atoms with Crippen molar-refractivity contribution in [3.8, 4) is 5.75 Å². The number of aromatic amines is 1. The fourth-order valence-electron chi connectivity index (χ4n) is 3.92. The minimum absolute atomic E-state index is 0.0552. The second kappa shape index (κ2) is 7.74. The lowest BCUT2D eigenvalue weighted by atomic mass is 10.1. The number of hydrogen-bond acceptors (Lipinski definition) is 2. The second-order valence-corrected chi connectivity index (χ2v) is 7.09. The Morgan fingerprint density at radius 3 is 2.81 bits per heavy atom. The molecule has 3 aromatic rings. The Bertz CT molecular complexity index is 928. The number of aromatic nitrogens is 1. The number of carbonyl (C=O) groups excluding carboxylic acids is 1. The molecule has 5 heteroatoms. The minimum Gasteiger partial charge on any atom is -0.497 e. The molecular weight excluding hydrogens is 338 g/mol. The molecule has 5 nitrogen and oxygen atoms in total. The molecule has 0 atom stereocenters. The highest BCUT2D eigenvalue weighted by molar-refractivity contribution is 5.90. The van der Waals surface area contributed by atoms with Gasteiger partial charge < -0.3 is 19.9 Å². The normalized spacial score (nSPS) is 14.4. The summed E-state index contributed by atoms with van der Waals surface area (Å²) in [5.41, 5.74) is 3.01. The molecule has 2 amide bonds. The van der Waals surface area contributed by atoms with Gasteiger partial charge in [-0.15, -0.1) is 0 Å². The van der Waals surface area contributed by atoms with E-state index in [0.29, 0.717) is 6.54 Å². The predicted octanol–water partition coefficient (Wildman–Crippen LogP) is 5.15. The van der Waals surface area contributed by atoms with Gasteiger partial charge in [-0.2, -0.15) is 0 Å². The number of benzene rings is 2. The summed E-state index contributed by atoms with van der Waals surface area (Å²) in [6.45, 7) is 0.602. The van der Waals surface area contributed by atoms with E-state index in [4.69, 9.17) is 4.74 Å². The molecule has 1 saturated carbocycles. The molecule has 0 aliphatic heterocycles. The van der Waals surface area contributed by atoms with Crippen LogP contribution in [-0.4, -0.2) is 29.1 Å². The highest BCUT2D eigenvalue weighted by Gasteiger charge is 2.27. The first-order valence-electron chi connectivity index (χ1n) is 9.51. The number of rotatable bonds is 5. The summed E-state index contributed by atoms with van der Waals surface area (Å²) in [6.07, 6.45) is 6.51. The van der Waals surface area contributed by atoms with Gasteiger partial charge in [0.05, 0.1) is 7.11 Å². The zero-order chi connectivity index (χ0) is 18.6. The highest BCUT2D eigenvalue weighted by Crippen LogP contribution is 2.28. The van der Waals surface area contributed by atoms with Gasteiger partial charge in [0, 0.05) is 41.4 Å². The summed E-state index contributed by atoms with van der Waals surface area (Å²) < 4.78 is 5.26. The van der Waals surface area contributed by atoms with Crippen molar-refractivity contribution >= 4 is 22.6 Å². The van der Waals surface area contributed by atoms with Crippen molar-refractivity contribution in [3.05, 3.63) is 60.3 Å². The van der Waals surface area contributed by atoms with Crippen molar-refractivity contribution in [2.75, 3.05) is 12.4 Å². The molecule has 2 N–H and O–H groups in total. The number of carbonyl (C=O) groups is 1. The first kappa shape index (κ1) is 17.5. The van der Waals surface area contributed by atoms with Crippen LogP contribution < -0.4 is 10.1 Å². The molecule has 1 aliphatic carbocycles. The number of H-pyrrole nitrogens is 1. The second-order valence-electron chi connectivity index (χ2n) is 7.09. The van der Waals surface area contributed by atoms with E-state index in [-0.39, 0.29) is 12.1 Å². The van der Waals surface area contributed by atoms with E-state index in [0.717, 1.165) is 35.4 Å². The topological polar surface area (TPSA) is 57.4 Å². The molecule has 1 aromatic heterocycles. The summed E-state index contributed by atoms with van der Waals surface area (Å²) in [5, 5.41) is 4.23. The molecule has 0 radical (unpaired) electrons. The van der Waals surface area contributed by atoms with E-state index in [1.807, 2.05) is 47.5 Å². The van der Waals surface area contributed by atoms with Gasteiger partial charge in [0.2, 0.25) is 0 Å². The molecule has 1 fully saturated rings. The summed E-state index contributed by atoms with van der Waals surface area (Å²) in [4.78, 5) is 18.4. The van der Waals surface area contributed by atoms with Crippen LogP contribution in [0, 0.1) is 0 Å². The zero-order valence-electron chi connectivity index (χ0n) is 15.6. The van der Waals surface area contributed by atoms with Gasteiger partial charge >= 0.3 is 6.03 Å². The van der Waals surface area contributed by atoms with E-state index in [1.54, 1.807) is 7.11 Å². The Kier molecular flexibility index (Phi) is 5.01.